The number of hydrogen-bond acceptors (Lipinski definition) is 8. The number of cyclic esters (lactones) is 1. The zero-order chi connectivity index (χ0) is 27.9. The highest BCUT2D eigenvalue weighted by atomic mass is 16.6. The van der Waals surface area contributed by atoms with Gasteiger partial charge in [-0.3, -0.25) is 4.90 Å². The molecule has 40 heavy (non-hydrogen) atoms. The van der Waals surface area contributed by atoms with Crippen LogP contribution < -0.4 is 4.74 Å². The smallest absolute Gasteiger partial charge is 0.411 e. The van der Waals surface area contributed by atoms with Crippen molar-refractivity contribution in [3.05, 3.63) is 102 Å². The number of esters is 1. The van der Waals surface area contributed by atoms with Crippen LogP contribution in [0.5, 0.6) is 5.75 Å². The molecule has 0 saturated carbocycles. The molecule has 0 radical (unpaired) electrons. The Hall–Kier alpha value is -3.92. The highest BCUT2D eigenvalue weighted by Gasteiger charge is 2.60. The van der Waals surface area contributed by atoms with E-state index in [4.69, 9.17) is 23.7 Å². The molecule has 2 saturated heterocycles. The number of nitrogens with zero attached hydrogens (tertiary/aromatic N) is 1. The van der Waals surface area contributed by atoms with Crippen LogP contribution in [0.15, 0.2) is 84.9 Å². The maximum Gasteiger partial charge on any atom is 0.411 e. The van der Waals surface area contributed by atoms with Crippen LogP contribution >= 0.6 is 0 Å². The van der Waals surface area contributed by atoms with Gasteiger partial charge in [0, 0.05) is 6.42 Å². The van der Waals surface area contributed by atoms with E-state index in [9.17, 15) is 14.7 Å². The average Bonchev–Trinajstić information content (AvgIpc) is 3.46. The lowest BCUT2D eigenvalue weighted by molar-refractivity contribution is -0.0368. The highest BCUT2D eigenvalue weighted by Crippen LogP contribution is 2.38. The van der Waals surface area contributed by atoms with Gasteiger partial charge >= 0.3 is 12.1 Å². The summed E-state index contributed by atoms with van der Waals surface area (Å²) < 4.78 is 28.4. The van der Waals surface area contributed by atoms with Crippen molar-refractivity contribution >= 4 is 12.1 Å². The van der Waals surface area contributed by atoms with E-state index in [2.05, 4.69) is 0 Å². The third-order valence-corrected chi connectivity index (χ3v) is 7.22. The Balaban J connectivity index is 1.26. The van der Waals surface area contributed by atoms with Crippen LogP contribution in [0, 0.1) is 0 Å². The second-order valence-electron chi connectivity index (χ2n) is 9.80. The van der Waals surface area contributed by atoms with Gasteiger partial charge in [-0.2, -0.15) is 0 Å². The number of methoxy groups -OCH3 is 1. The number of hydrogen-bond donors (Lipinski definition) is 1. The Labute approximate surface area is 233 Å². The summed E-state index contributed by atoms with van der Waals surface area (Å²) in [5.74, 6) is 0.184. The Morgan fingerprint density at radius 2 is 1.55 bits per heavy atom. The average molecular weight is 548 g/mol. The van der Waals surface area contributed by atoms with Crippen molar-refractivity contribution in [1.82, 2.24) is 4.90 Å². The molecule has 3 aromatic rings. The van der Waals surface area contributed by atoms with Crippen LogP contribution in [0.3, 0.4) is 0 Å². The first-order valence-corrected chi connectivity index (χ1v) is 13.3. The molecule has 0 aromatic heterocycles. The van der Waals surface area contributed by atoms with E-state index in [1.165, 1.54) is 4.90 Å². The molecule has 2 aliphatic rings. The van der Waals surface area contributed by atoms with Crippen molar-refractivity contribution < 1.29 is 38.4 Å². The molecule has 9 heteroatoms. The van der Waals surface area contributed by atoms with E-state index in [0.29, 0.717) is 31.8 Å². The summed E-state index contributed by atoms with van der Waals surface area (Å²) in [5, 5.41) is 11.3. The van der Waals surface area contributed by atoms with Crippen LogP contribution in [0.4, 0.5) is 4.79 Å². The zero-order valence-corrected chi connectivity index (χ0v) is 22.3. The van der Waals surface area contributed by atoms with Gasteiger partial charge < -0.3 is 28.8 Å². The summed E-state index contributed by atoms with van der Waals surface area (Å²) in [5.41, 5.74) is 2.30. The number of aliphatic hydroxyl groups is 1. The van der Waals surface area contributed by atoms with Crippen molar-refractivity contribution in [1.29, 1.82) is 0 Å². The van der Waals surface area contributed by atoms with Gasteiger partial charge in [0.15, 0.2) is 6.10 Å². The van der Waals surface area contributed by atoms with Gasteiger partial charge in [-0.1, -0.05) is 60.7 Å². The minimum atomic E-state index is -1.15. The fraction of sp³-hybridized carbons (Fsp3) is 0.355. The minimum absolute atomic E-state index is 0.0573. The molecule has 1 amide bonds. The Bertz CT molecular complexity index is 1250. The van der Waals surface area contributed by atoms with E-state index in [0.717, 1.165) is 16.9 Å². The van der Waals surface area contributed by atoms with Crippen LogP contribution in [0.1, 0.15) is 27.9 Å². The van der Waals surface area contributed by atoms with Crippen LogP contribution in [-0.4, -0.2) is 72.8 Å². The molecule has 2 aliphatic heterocycles. The summed E-state index contributed by atoms with van der Waals surface area (Å²) in [6, 6.07) is 24.3. The number of aliphatic hydroxyl groups excluding tert-OH is 1. The summed E-state index contributed by atoms with van der Waals surface area (Å²) >= 11 is 0. The predicted octanol–water partition coefficient (Wildman–Crippen LogP) is 3.98. The Kier molecular flexibility index (Phi) is 8.95. The molecule has 0 bridgehead atoms. The standard InChI is InChI=1S/C31H33NO8/c1-36-24-14-12-22(13-15-24)18-37-17-16-26-27-29(40-30(34)23-10-6-3-7-11-23)28(33)25(32(27)31(35)39-26)20-38-19-21-8-4-2-5-9-21/h2-15,25-29,33H,16-20H2,1H3/t25-,26-,27-,28-,29-/m1/s1. The predicted molar refractivity (Wildman–Crippen MR) is 145 cm³/mol. The van der Waals surface area contributed by atoms with Crippen molar-refractivity contribution in [2.75, 3.05) is 20.3 Å². The molecule has 0 unspecified atom stereocenters. The van der Waals surface area contributed by atoms with E-state index >= 15 is 0 Å². The van der Waals surface area contributed by atoms with Gasteiger partial charge in [-0.05, 0) is 35.4 Å². The molecular weight excluding hydrogens is 514 g/mol. The lowest BCUT2D eigenvalue weighted by Gasteiger charge is -2.24. The van der Waals surface area contributed by atoms with Gasteiger partial charge in [-0.25, -0.2) is 9.59 Å². The van der Waals surface area contributed by atoms with Crippen molar-refractivity contribution in [2.24, 2.45) is 0 Å². The summed E-state index contributed by atoms with van der Waals surface area (Å²) in [6.07, 6.45) is -2.98. The van der Waals surface area contributed by atoms with Crippen LogP contribution in [0.25, 0.3) is 0 Å². The summed E-state index contributed by atoms with van der Waals surface area (Å²) in [6.45, 7) is 1.05. The first-order chi connectivity index (χ1) is 19.5. The Morgan fingerprint density at radius 3 is 2.25 bits per heavy atom. The molecule has 1 N–H and O–H groups in total. The molecular formula is C31H33NO8. The zero-order valence-electron chi connectivity index (χ0n) is 22.3. The number of benzene rings is 3. The number of carbonyl (C=O) groups is 2. The van der Waals surface area contributed by atoms with E-state index in [-0.39, 0.29) is 6.61 Å². The fourth-order valence-electron chi connectivity index (χ4n) is 5.17. The third-order valence-electron chi connectivity index (χ3n) is 7.22. The summed E-state index contributed by atoms with van der Waals surface area (Å²) in [4.78, 5) is 27.4. The second kappa shape index (κ2) is 13.0. The topological polar surface area (TPSA) is 104 Å². The van der Waals surface area contributed by atoms with Crippen molar-refractivity contribution in [3.8, 4) is 5.75 Å². The largest absolute Gasteiger partial charge is 0.497 e. The van der Waals surface area contributed by atoms with E-state index in [1.54, 1.807) is 37.4 Å². The first kappa shape index (κ1) is 27.6. The van der Waals surface area contributed by atoms with Gasteiger partial charge in [0.25, 0.3) is 0 Å². The number of ether oxygens (including phenoxy) is 5. The quantitative estimate of drug-likeness (QED) is 0.268. The fourth-order valence-corrected chi connectivity index (χ4v) is 5.17. The molecule has 3 aromatic carbocycles. The van der Waals surface area contributed by atoms with Crippen LogP contribution in [-0.2, 0) is 32.2 Å². The molecule has 210 valence electrons. The van der Waals surface area contributed by atoms with E-state index in [1.807, 2.05) is 54.6 Å². The van der Waals surface area contributed by atoms with Gasteiger partial charge in [0.05, 0.1) is 45.1 Å². The minimum Gasteiger partial charge on any atom is -0.497 e. The molecule has 0 spiro atoms. The third kappa shape index (κ3) is 6.28. The van der Waals surface area contributed by atoms with Gasteiger partial charge in [-0.15, -0.1) is 0 Å². The van der Waals surface area contributed by atoms with Crippen molar-refractivity contribution in [3.63, 3.8) is 0 Å². The molecule has 2 fully saturated rings. The molecule has 2 heterocycles. The number of carbonyl (C=O) groups excluding carboxylic acids is 2. The normalized spacial score (nSPS) is 23.5. The summed E-state index contributed by atoms with van der Waals surface area (Å²) in [7, 11) is 1.61. The van der Waals surface area contributed by atoms with Gasteiger partial charge in [0.1, 0.15) is 24.0 Å². The van der Waals surface area contributed by atoms with Crippen molar-refractivity contribution in [2.45, 2.75) is 50.0 Å². The molecule has 5 atom stereocenters. The maximum atomic E-state index is 13.0. The number of fused-ring (bicyclic) bond motifs is 1. The highest BCUT2D eigenvalue weighted by molar-refractivity contribution is 5.89. The van der Waals surface area contributed by atoms with E-state index < -0.39 is 42.5 Å². The first-order valence-electron chi connectivity index (χ1n) is 13.3. The monoisotopic (exact) mass is 547 g/mol. The lowest BCUT2D eigenvalue weighted by atomic mass is 10.0. The molecule has 0 aliphatic carbocycles. The number of rotatable bonds is 12. The Morgan fingerprint density at radius 1 is 0.900 bits per heavy atom. The number of amides is 1. The SMILES string of the molecule is COc1ccc(COCC[C@H]2OC(=O)N3[C@H]2[C@@H](OC(=O)c2ccccc2)[C@H](O)[C@H]3COCc2ccccc2)cc1. The molecule has 9 nitrogen and oxygen atoms in total. The maximum absolute atomic E-state index is 13.0. The lowest BCUT2D eigenvalue weighted by Crippen LogP contribution is -2.43. The van der Waals surface area contributed by atoms with Gasteiger partial charge in [0.2, 0.25) is 0 Å². The second-order valence-corrected chi connectivity index (χ2v) is 9.80. The molecule has 5 rings (SSSR count). The van der Waals surface area contributed by atoms with Crippen LogP contribution in [0.2, 0.25) is 0 Å².